The van der Waals surface area contributed by atoms with Crippen LogP contribution >= 0.6 is 0 Å². The Labute approximate surface area is 113 Å². The van der Waals surface area contributed by atoms with Crippen molar-refractivity contribution in [2.45, 2.75) is 39.2 Å². The van der Waals surface area contributed by atoms with Crippen molar-refractivity contribution in [2.75, 3.05) is 0 Å². The fourth-order valence-corrected chi connectivity index (χ4v) is 1.86. The standard InChI is InChI=1S/C15H21NO3/c1-11(2)10-13(15(18)19)16-14(17)9-8-12-6-4-3-5-7-12/h3-7,11,13H,8-10H2,1-2H3,(H,16,17)(H,18,19). The summed E-state index contributed by atoms with van der Waals surface area (Å²) in [6.45, 7) is 3.87. The highest BCUT2D eigenvalue weighted by Gasteiger charge is 2.20. The van der Waals surface area contributed by atoms with Crippen LogP contribution in [-0.2, 0) is 16.0 Å². The molecule has 1 aromatic carbocycles. The molecular formula is C15H21NO3. The molecule has 1 aromatic rings. The fourth-order valence-electron chi connectivity index (χ4n) is 1.86. The first kappa shape index (κ1) is 15.2. The van der Waals surface area contributed by atoms with Gasteiger partial charge in [0.25, 0.3) is 0 Å². The maximum Gasteiger partial charge on any atom is 0.326 e. The van der Waals surface area contributed by atoms with E-state index in [1.165, 1.54) is 0 Å². The lowest BCUT2D eigenvalue weighted by atomic mass is 10.0. The van der Waals surface area contributed by atoms with Gasteiger partial charge in [0.15, 0.2) is 0 Å². The Hall–Kier alpha value is -1.84. The molecule has 1 amide bonds. The third kappa shape index (κ3) is 6.04. The lowest BCUT2D eigenvalue weighted by Gasteiger charge is -2.16. The van der Waals surface area contributed by atoms with Gasteiger partial charge in [0.05, 0.1) is 0 Å². The summed E-state index contributed by atoms with van der Waals surface area (Å²) in [5.74, 6) is -0.950. The average molecular weight is 263 g/mol. The number of rotatable bonds is 7. The van der Waals surface area contributed by atoms with Crippen molar-refractivity contribution >= 4 is 11.9 Å². The molecule has 0 aliphatic carbocycles. The highest BCUT2D eigenvalue weighted by atomic mass is 16.4. The van der Waals surface area contributed by atoms with Gasteiger partial charge in [-0.05, 0) is 24.3 Å². The van der Waals surface area contributed by atoms with Gasteiger partial charge >= 0.3 is 5.97 Å². The minimum absolute atomic E-state index is 0.211. The molecule has 2 N–H and O–H groups in total. The van der Waals surface area contributed by atoms with Crippen molar-refractivity contribution in [1.82, 2.24) is 5.32 Å². The quantitative estimate of drug-likeness (QED) is 0.792. The molecule has 0 aliphatic heterocycles. The van der Waals surface area contributed by atoms with E-state index in [0.29, 0.717) is 19.3 Å². The summed E-state index contributed by atoms with van der Waals surface area (Å²) in [5.41, 5.74) is 1.08. The number of hydrogen-bond donors (Lipinski definition) is 2. The second kappa shape index (κ2) is 7.56. The summed E-state index contributed by atoms with van der Waals surface area (Å²) in [4.78, 5) is 22.8. The van der Waals surface area contributed by atoms with Gasteiger partial charge in [-0.25, -0.2) is 4.79 Å². The van der Waals surface area contributed by atoms with E-state index in [4.69, 9.17) is 5.11 Å². The molecule has 0 radical (unpaired) electrons. The predicted octanol–water partition coefficient (Wildman–Crippen LogP) is 2.23. The van der Waals surface area contributed by atoms with E-state index in [1.54, 1.807) is 0 Å². The summed E-state index contributed by atoms with van der Waals surface area (Å²) >= 11 is 0. The minimum Gasteiger partial charge on any atom is -0.480 e. The molecule has 0 fully saturated rings. The third-order valence-electron chi connectivity index (χ3n) is 2.82. The molecule has 1 unspecified atom stereocenters. The van der Waals surface area contributed by atoms with Crippen LogP contribution in [0.25, 0.3) is 0 Å². The highest BCUT2D eigenvalue weighted by molar-refractivity contribution is 5.83. The number of benzene rings is 1. The maximum atomic E-state index is 11.7. The van der Waals surface area contributed by atoms with Gasteiger partial charge in [0, 0.05) is 6.42 Å². The molecule has 0 saturated heterocycles. The zero-order chi connectivity index (χ0) is 14.3. The molecule has 0 aromatic heterocycles. The van der Waals surface area contributed by atoms with Crippen LogP contribution in [0.5, 0.6) is 0 Å². The number of aliphatic carboxylic acids is 1. The molecule has 0 saturated carbocycles. The molecule has 19 heavy (non-hydrogen) atoms. The van der Waals surface area contributed by atoms with Crippen LogP contribution in [0.3, 0.4) is 0 Å². The zero-order valence-corrected chi connectivity index (χ0v) is 11.4. The number of carbonyl (C=O) groups is 2. The van der Waals surface area contributed by atoms with E-state index in [9.17, 15) is 9.59 Å². The van der Waals surface area contributed by atoms with Gasteiger partial charge in [-0.1, -0.05) is 44.2 Å². The number of amides is 1. The molecule has 0 spiro atoms. The molecule has 1 atom stereocenters. The van der Waals surface area contributed by atoms with E-state index >= 15 is 0 Å². The van der Waals surface area contributed by atoms with Gasteiger partial charge in [-0.15, -0.1) is 0 Å². The fraction of sp³-hybridized carbons (Fsp3) is 0.467. The van der Waals surface area contributed by atoms with E-state index in [0.717, 1.165) is 5.56 Å². The summed E-state index contributed by atoms with van der Waals surface area (Å²) in [7, 11) is 0. The molecule has 104 valence electrons. The van der Waals surface area contributed by atoms with Gasteiger partial charge in [0.1, 0.15) is 6.04 Å². The summed E-state index contributed by atoms with van der Waals surface area (Å²) < 4.78 is 0. The summed E-state index contributed by atoms with van der Waals surface area (Å²) in [6.07, 6.45) is 1.39. The molecular weight excluding hydrogens is 242 g/mol. The van der Waals surface area contributed by atoms with Crippen LogP contribution in [0, 0.1) is 5.92 Å². The highest BCUT2D eigenvalue weighted by Crippen LogP contribution is 2.06. The SMILES string of the molecule is CC(C)CC(NC(=O)CCc1ccccc1)C(=O)O. The van der Waals surface area contributed by atoms with Gasteiger partial charge in [-0.3, -0.25) is 4.79 Å². The van der Waals surface area contributed by atoms with E-state index < -0.39 is 12.0 Å². The van der Waals surface area contributed by atoms with E-state index in [1.807, 2.05) is 44.2 Å². The minimum atomic E-state index is -0.971. The van der Waals surface area contributed by atoms with Crippen LogP contribution in [-0.4, -0.2) is 23.0 Å². The molecule has 0 bridgehead atoms. The number of hydrogen-bond acceptors (Lipinski definition) is 2. The van der Waals surface area contributed by atoms with Gasteiger partial charge in [0.2, 0.25) is 5.91 Å². The van der Waals surface area contributed by atoms with Gasteiger partial charge < -0.3 is 10.4 Å². The van der Waals surface area contributed by atoms with Crippen molar-refractivity contribution in [2.24, 2.45) is 5.92 Å². The van der Waals surface area contributed by atoms with Crippen LogP contribution in [0.15, 0.2) is 30.3 Å². The number of carbonyl (C=O) groups excluding carboxylic acids is 1. The van der Waals surface area contributed by atoms with Crippen molar-refractivity contribution in [1.29, 1.82) is 0 Å². The monoisotopic (exact) mass is 263 g/mol. The lowest BCUT2D eigenvalue weighted by Crippen LogP contribution is -2.41. The third-order valence-corrected chi connectivity index (χ3v) is 2.82. The Balaban J connectivity index is 2.42. The van der Waals surface area contributed by atoms with Crippen LogP contribution < -0.4 is 5.32 Å². The normalized spacial score (nSPS) is 12.2. The maximum absolute atomic E-state index is 11.7. The number of carboxylic acid groups (broad SMARTS) is 1. The van der Waals surface area contributed by atoms with Crippen LogP contribution in [0.2, 0.25) is 0 Å². The largest absolute Gasteiger partial charge is 0.480 e. The first-order valence-corrected chi connectivity index (χ1v) is 6.55. The Morgan fingerprint density at radius 1 is 1.21 bits per heavy atom. The number of aryl methyl sites for hydroxylation is 1. The number of nitrogens with one attached hydrogen (secondary N) is 1. The first-order valence-electron chi connectivity index (χ1n) is 6.55. The molecule has 1 rings (SSSR count). The van der Waals surface area contributed by atoms with Crippen LogP contribution in [0.1, 0.15) is 32.3 Å². The van der Waals surface area contributed by atoms with Crippen molar-refractivity contribution in [3.63, 3.8) is 0 Å². The molecule has 4 heteroatoms. The first-order chi connectivity index (χ1) is 8.99. The van der Waals surface area contributed by atoms with Crippen molar-refractivity contribution in [3.8, 4) is 0 Å². The van der Waals surface area contributed by atoms with E-state index in [-0.39, 0.29) is 11.8 Å². The second-order valence-corrected chi connectivity index (χ2v) is 5.07. The Morgan fingerprint density at radius 3 is 2.37 bits per heavy atom. The molecule has 0 aliphatic rings. The Kier molecular flexibility index (Phi) is 6.06. The topological polar surface area (TPSA) is 66.4 Å². The van der Waals surface area contributed by atoms with Crippen molar-refractivity contribution < 1.29 is 14.7 Å². The smallest absolute Gasteiger partial charge is 0.326 e. The summed E-state index contributed by atoms with van der Waals surface area (Å²) in [6, 6.07) is 8.89. The second-order valence-electron chi connectivity index (χ2n) is 5.07. The van der Waals surface area contributed by atoms with E-state index in [2.05, 4.69) is 5.32 Å². The Bertz CT molecular complexity index is 415. The van der Waals surface area contributed by atoms with Crippen LogP contribution in [0.4, 0.5) is 0 Å². The average Bonchev–Trinajstić information content (AvgIpc) is 2.36. The molecule has 0 heterocycles. The van der Waals surface area contributed by atoms with Gasteiger partial charge in [-0.2, -0.15) is 0 Å². The zero-order valence-electron chi connectivity index (χ0n) is 11.4. The Morgan fingerprint density at radius 2 is 1.84 bits per heavy atom. The summed E-state index contributed by atoms with van der Waals surface area (Å²) in [5, 5.41) is 11.6. The van der Waals surface area contributed by atoms with Crippen molar-refractivity contribution in [3.05, 3.63) is 35.9 Å². The lowest BCUT2D eigenvalue weighted by molar-refractivity contribution is -0.142. The predicted molar refractivity (Wildman–Crippen MR) is 73.8 cm³/mol. The molecule has 4 nitrogen and oxygen atoms in total. The number of carboxylic acids is 1.